The molecule has 4 nitrogen and oxygen atoms in total. The fourth-order valence-electron chi connectivity index (χ4n) is 2.84. The van der Waals surface area contributed by atoms with Crippen LogP contribution in [0.15, 0.2) is 18.2 Å². The van der Waals surface area contributed by atoms with Crippen molar-refractivity contribution in [2.24, 2.45) is 5.73 Å². The quantitative estimate of drug-likeness (QED) is 0.857. The van der Waals surface area contributed by atoms with E-state index < -0.39 is 0 Å². The number of nitrogens with one attached hydrogen (secondary N) is 1. The van der Waals surface area contributed by atoms with Crippen LogP contribution in [0, 0.1) is 13.8 Å². The molecule has 1 aliphatic rings. The molecule has 0 spiro atoms. The van der Waals surface area contributed by atoms with Crippen molar-refractivity contribution >= 4 is 5.91 Å². The van der Waals surface area contributed by atoms with Crippen molar-refractivity contribution in [1.29, 1.82) is 0 Å². The average Bonchev–Trinajstić information content (AvgIpc) is 2.40. The van der Waals surface area contributed by atoms with Crippen LogP contribution in [0.1, 0.15) is 29.7 Å². The van der Waals surface area contributed by atoms with Crippen LogP contribution >= 0.6 is 0 Å². The standard InChI is InChI=1S/C15H23N3O/c1-10-4-5-11(2)13(8-10)12(3)18-7-6-17-9-14(18)15(16)19/h4-5,8,12,14,17H,6-7,9H2,1-3H3,(H2,16,19). The Bertz CT molecular complexity index is 472. The molecule has 0 bridgehead atoms. The van der Waals surface area contributed by atoms with Crippen molar-refractivity contribution in [3.63, 3.8) is 0 Å². The largest absolute Gasteiger partial charge is 0.368 e. The summed E-state index contributed by atoms with van der Waals surface area (Å²) in [4.78, 5) is 13.8. The fourth-order valence-corrected chi connectivity index (χ4v) is 2.84. The van der Waals surface area contributed by atoms with E-state index in [4.69, 9.17) is 5.73 Å². The van der Waals surface area contributed by atoms with Crippen LogP contribution in [-0.2, 0) is 4.79 Å². The van der Waals surface area contributed by atoms with E-state index in [1.54, 1.807) is 0 Å². The number of primary amides is 1. The molecule has 1 fully saturated rings. The zero-order valence-electron chi connectivity index (χ0n) is 11.9. The number of carbonyl (C=O) groups is 1. The first-order chi connectivity index (χ1) is 9.00. The minimum atomic E-state index is -0.246. The number of nitrogens with zero attached hydrogens (tertiary/aromatic N) is 1. The number of rotatable bonds is 3. The average molecular weight is 261 g/mol. The summed E-state index contributed by atoms with van der Waals surface area (Å²) < 4.78 is 0. The third kappa shape index (κ3) is 2.96. The van der Waals surface area contributed by atoms with E-state index in [9.17, 15) is 4.79 Å². The molecule has 2 rings (SSSR count). The summed E-state index contributed by atoms with van der Waals surface area (Å²) in [6, 6.07) is 6.46. The maximum atomic E-state index is 11.6. The Kier molecular flexibility index (Phi) is 4.22. The molecule has 104 valence electrons. The second-order valence-electron chi connectivity index (χ2n) is 5.40. The molecule has 3 N–H and O–H groups in total. The molecule has 2 unspecified atom stereocenters. The third-order valence-corrected chi connectivity index (χ3v) is 4.00. The molecule has 1 heterocycles. The van der Waals surface area contributed by atoms with E-state index in [1.165, 1.54) is 16.7 Å². The first-order valence-electron chi connectivity index (χ1n) is 6.83. The van der Waals surface area contributed by atoms with Crippen molar-refractivity contribution in [2.45, 2.75) is 32.9 Å². The smallest absolute Gasteiger partial charge is 0.236 e. The molecule has 0 aromatic heterocycles. The maximum Gasteiger partial charge on any atom is 0.236 e. The minimum Gasteiger partial charge on any atom is -0.368 e. The zero-order chi connectivity index (χ0) is 14.0. The molecule has 1 aromatic carbocycles. The van der Waals surface area contributed by atoms with Crippen molar-refractivity contribution in [3.8, 4) is 0 Å². The van der Waals surface area contributed by atoms with E-state index in [2.05, 4.69) is 49.2 Å². The summed E-state index contributed by atoms with van der Waals surface area (Å²) in [5.41, 5.74) is 9.32. The third-order valence-electron chi connectivity index (χ3n) is 4.00. The monoisotopic (exact) mass is 261 g/mol. The van der Waals surface area contributed by atoms with Crippen molar-refractivity contribution in [3.05, 3.63) is 34.9 Å². The summed E-state index contributed by atoms with van der Waals surface area (Å²) in [5.74, 6) is -0.246. The number of nitrogens with two attached hydrogens (primary N) is 1. The molecule has 4 heteroatoms. The van der Waals surface area contributed by atoms with Crippen LogP contribution in [0.3, 0.4) is 0 Å². The van der Waals surface area contributed by atoms with Gasteiger partial charge in [-0.05, 0) is 31.9 Å². The van der Waals surface area contributed by atoms with E-state index in [-0.39, 0.29) is 18.0 Å². The Morgan fingerprint density at radius 1 is 1.47 bits per heavy atom. The molecule has 0 radical (unpaired) electrons. The normalized spacial score (nSPS) is 22.2. The Morgan fingerprint density at radius 3 is 2.89 bits per heavy atom. The van der Waals surface area contributed by atoms with E-state index in [1.807, 2.05) is 0 Å². The summed E-state index contributed by atoms with van der Waals surface area (Å²) in [6.45, 7) is 8.76. The highest BCUT2D eigenvalue weighted by Gasteiger charge is 2.31. The molecule has 1 saturated heterocycles. The van der Waals surface area contributed by atoms with Gasteiger partial charge >= 0.3 is 0 Å². The van der Waals surface area contributed by atoms with Crippen LogP contribution in [0.25, 0.3) is 0 Å². The van der Waals surface area contributed by atoms with Gasteiger partial charge in [-0.2, -0.15) is 0 Å². The van der Waals surface area contributed by atoms with Gasteiger partial charge in [-0.25, -0.2) is 0 Å². The van der Waals surface area contributed by atoms with Gasteiger partial charge in [0.05, 0.1) is 0 Å². The number of amides is 1. The molecule has 1 amide bonds. The van der Waals surface area contributed by atoms with Crippen molar-refractivity contribution in [1.82, 2.24) is 10.2 Å². The highest BCUT2D eigenvalue weighted by atomic mass is 16.1. The van der Waals surface area contributed by atoms with Crippen LogP contribution < -0.4 is 11.1 Å². The highest BCUT2D eigenvalue weighted by molar-refractivity contribution is 5.80. The lowest BCUT2D eigenvalue weighted by molar-refractivity contribution is -0.124. The van der Waals surface area contributed by atoms with Gasteiger partial charge in [0.1, 0.15) is 6.04 Å². The molecule has 0 saturated carbocycles. The van der Waals surface area contributed by atoms with Gasteiger partial charge in [-0.3, -0.25) is 9.69 Å². The van der Waals surface area contributed by atoms with E-state index in [0.717, 1.165) is 13.1 Å². The molecule has 19 heavy (non-hydrogen) atoms. The lowest BCUT2D eigenvalue weighted by atomic mass is 9.97. The number of hydrogen-bond acceptors (Lipinski definition) is 3. The SMILES string of the molecule is Cc1ccc(C)c(C(C)N2CCNCC2C(N)=O)c1. The number of carbonyl (C=O) groups excluding carboxylic acids is 1. The van der Waals surface area contributed by atoms with Gasteiger partial charge in [0.25, 0.3) is 0 Å². The number of hydrogen-bond donors (Lipinski definition) is 2. The Labute approximate surface area is 115 Å². The molecule has 1 aliphatic heterocycles. The maximum absolute atomic E-state index is 11.6. The van der Waals surface area contributed by atoms with Crippen molar-refractivity contribution < 1.29 is 4.79 Å². The van der Waals surface area contributed by atoms with Gasteiger partial charge < -0.3 is 11.1 Å². The van der Waals surface area contributed by atoms with Crippen LogP contribution in [-0.4, -0.2) is 36.5 Å². The lowest BCUT2D eigenvalue weighted by Gasteiger charge is -2.39. The van der Waals surface area contributed by atoms with Gasteiger partial charge in [0.15, 0.2) is 0 Å². The zero-order valence-corrected chi connectivity index (χ0v) is 11.9. The lowest BCUT2D eigenvalue weighted by Crippen LogP contribution is -2.57. The minimum absolute atomic E-state index is 0.208. The Hall–Kier alpha value is -1.39. The van der Waals surface area contributed by atoms with E-state index >= 15 is 0 Å². The number of aryl methyl sites for hydroxylation is 2. The van der Waals surface area contributed by atoms with Crippen molar-refractivity contribution in [2.75, 3.05) is 19.6 Å². The van der Waals surface area contributed by atoms with E-state index in [0.29, 0.717) is 6.54 Å². The van der Waals surface area contributed by atoms with Crippen LogP contribution in [0.5, 0.6) is 0 Å². The summed E-state index contributed by atoms with van der Waals surface area (Å²) in [5, 5.41) is 3.24. The van der Waals surface area contributed by atoms with Gasteiger partial charge in [0, 0.05) is 25.7 Å². The fraction of sp³-hybridized carbons (Fsp3) is 0.533. The summed E-state index contributed by atoms with van der Waals surface area (Å²) >= 11 is 0. The second-order valence-corrected chi connectivity index (χ2v) is 5.40. The summed E-state index contributed by atoms with van der Waals surface area (Å²) in [6.07, 6.45) is 0. The van der Waals surface area contributed by atoms with Gasteiger partial charge in [-0.1, -0.05) is 23.8 Å². The van der Waals surface area contributed by atoms with Gasteiger partial charge in [0.2, 0.25) is 5.91 Å². The molecule has 0 aliphatic carbocycles. The van der Waals surface area contributed by atoms with Crippen LogP contribution in [0.2, 0.25) is 0 Å². The highest BCUT2D eigenvalue weighted by Crippen LogP contribution is 2.26. The first-order valence-corrected chi connectivity index (χ1v) is 6.83. The molecule has 1 aromatic rings. The predicted octanol–water partition coefficient (Wildman–Crippen LogP) is 1.12. The Morgan fingerprint density at radius 2 is 2.21 bits per heavy atom. The molecular formula is C15H23N3O. The van der Waals surface area contributed by atoms with Crippen LogP contribution in [0.4, 0.5) is 0 Å². The number of piperazine rings is 1. The molecular weight excluding hydrogens is 238 g/mol. The molecule has 2 atom stereocenters. The number of benzene rings is 1. The Balaban J connectivity index is 2.28. The first kappa shape index (κ1) is 14.0. The second kappa shape index (κ2) is 5.72. The van der Waals surface area contributed by atoms with Gasteiger partial charge in [-0.15, -0.1) is 0 Å². The predicted molar refractivity (Wildman–Crippen MR) is 76.9 cm³/mol. The topological polar surface area (TPSA) is 58.4 Å². The summed E-state index contributed by atoms with van der Waals surface area (Å²) in [7, 11) is 0.